The predicted molar refractivity (Wildman–Crippen MR) is 77.1 cm³/mol. The van der Waals surface area contributed by atoms with Gasteiger partial charge in [-0.3, -0.25) is 10.4 Å². The number of hydrazine groups is 1. The number of aryl methyl sites for hydroxylation is 1. The summed E-state index contributed by atoms with van der Waals surface area (Å²) in [6, 6.07) is 4.02. The molecule has 1 fully saturated rings. The summed E-state index contributed by atoms with van der Waals surface area (Å²) in [6.45, 7) is 8.36. The zero-order valence-electron chi connectivity index (χ0n) is 11.2. The van der Waals surface area contributed by atoms with Crippen LogP contribution >= 0.6 is 12.2 Å². The topological polar surface area (TPSA) is 40.2 Å². The quantitative estimate of drug-likeness (QED) is 0.642. The molecule has 0 spiro atoms. The monoisotopic (exact) mass is 264 g/mol. The molecule has 2 heterocycles. The van der Waals surface area contributed by atoms with Gasteiger partial charge in [0.1, 0.15) is 0 Å². The Morgan fingerprint density at radius 1 is 1.44 bits per heavy atom. The van der Waals surface area contributed by atoms with Gasteiger partial charge < -0.3 is 4.90 Å². The van der Waals surface area contributed by atoms with Crippen LogP contribution in [0.4, 0.5) is 0 Å². The number of nitrogens with zero attached hydrogens (tertiary/aromatic N) is 2. The molecule has 0 aromatic carbocycles. The summed E-state index contributed by atoms with van der Waals surface area (Å²) in [5, 5.41) is 0.767. The molecule has 1 aromatic heterocycles. The van der Waals surface area contributed by atoms with Gasteiger partial charge in [0.25, 0.3) is 0 Å². The second-order valence-corrected chi connectivity index (χ2v) is 5.58. The normalized spacial score (nSPS) is 15.2. The maximum atomic E-state index is 5.31. The molecule has 0 saturated carbocycles. The molecule has 0 amide bonds. The molecule has 1 aliphatic heterocycles. The highest BCUT2D eigenvalue weighted by Crippen LogP contribution is 2.20. The Bertz CT molecular complexity index is 440. The maximum absolute atomic E-state index is 5.31. The van der Waals surface area contributed by atoms with E-state index in [-0.39, 0.29) is 5.54 Å². The van der Waals surface area contributed by atoms with Gasteiger partial charge in [-0.15, -0.1) is 0 Å². The Kier molecular flexibility index (Phi) is 3.82. The molecule has 0 bridgehead atoms. The molecule has 1 aliphatic rings. The SMILES string of the molecule is Cc1cccnc1C(C)(C)NNC(=S)N1CCC1. The summed E-state index contributed by atoms with van der Waals surface area (Å²) in [6.07, 6.45) is 3.05. The minimum atomic E-state index is -0.264. The standard InChI is InChI=1S/C13H20N4S/c1-10-6-4-7-14-11(10)13(2,3)16-15-12(18)17-8-5-9-17/h4,6-7,16H,5,8-9H2,1-3H3,(H,15,18). The Morgan fingerprint density at radius 3 is 2.72 bits per heavy atom. The van der Waals surface area contributed by atoms with Gasteiger partial charge in [-0.1, -0.05) is 6.07 Å². The van der Waals surface area contributed by atoms with Crippen LogP contribution < -0.4 is 10.9 Å². The van der Waals surface area contributed by atoms with Gasteiger partial charge in [-0.2, -0.15) is 0 Å². The lowest BCUT2D eigenvalue weighted by molar-refractivity contribution is 0.278. The minimum Gasteiger partial charge on any atom is -0.348 e. The number of hydrogen-bond acceptors (Lipinski definition) is 3. The van der Waals surface area contributed by atoms with E-state index in [4.69, 9.17) is 12.2 Å². The van der Waals surface area contributed by atoms with E-state index in [9.17, 15) is 0 Å². The number of pyridine rings is 1. The molecule has 4 nitrogen and oxygen atoms in total. The molecule has 0 unspecified atom stereocenters. The fourth-order valence-electron chi connectivity index (χ4n) is 2.01. The van der Waals surface area contributed by atoms with E-state index in [1.807, 2.05) is 12.3 Å². The first-order valence-corrected chi connectivity index (χ1v) is 6.66. The lowest BCUT2D eigenvalue weighted by Gasteiger charge is -2.36. The van der Waals surface area contributed by atoms with Crippen molar-refractivity contribution in [1.29, 1.82) is 0 Å². The van der Waals surface area contributed by atoms with Crippen LogP contribution in [0, 0.1) is 6.92 Å². The van der Waals surface area contributed by atoms with E-state index in [0.717, 1.165) is 23.9 Å². The summed E-state index contributed by atoms with van der Waals surface area (Å²) in [5.41, 5.74) is 8.33. The van der Waals surface area contributed by atoms with Gasteiger partial charge in [0, 0.05) is 19.3 Å². The summed E-state index contributed by atoms with van der Waals surface area (Å²) in [7, 11) is 0. The van der Waals surface area contributed by atoms with Gasteiger partial charge in [0.2, 0.25) is 0 Å². The number of likely N-dealkylation sites (tertiary alicyclic amines) is 1. The van der Waals surface area contributed by atoms with Gasteiger partial charge in [-0.25, -0.2) is 5.43 Å². The number of thiocarbonyl (C=S) groups is 1. The average Bonchev–Trinajstić information content (AvgIpc) is 2.24. The minimum absolute atomic E-state index is 0.264. The van der Waals surface area contributed by atoms with Crippen LogP contribution in [0.2, 0.25) is 0 Å². The van der Waals surface area contributed by atoms with E-state index >= 15 is 0 Å². The highest BCUT2D eigenvalue weighted by Gasteiger charge is 2.25. The van der Waals surface area contributed by atoms with Crippen LogP contribution in [0.5, 0.6) is 0 Å². The summed E-state index contributed by atoms with van der Waals surface area (Å²) in [4.78, 5) is 6.59. The van der Waals surface area contributed by atoms with Crippen LogP contribution in [-0.4, -0.2) is 28.1 Å². The first-order valence-electron chi connectivity index (χ1n) is 6.25. The smallest absolute Gasteiger partial charge is 0.183 e. The first kappa shape index (κ1) is 13.2. The third-order valence-corrected chi connectivity index (χ3v) is 3.59. The second-order valence-electron chi connectivity index (χ2n) is 5.19. The van der Waals surface area contributed by atoms with Crippen LogP contribution in [0.1, 0.15) is 31.5 Å². The molecule has 0 atom stereocenters. The average molecular weight is 264 g/mol. The molecule has 98 valence electrons. The van der Waals surface area contributed by atoms with Crippen molar-refractivity contribution in [2.24, 2.45) is 0 Å². The van der Waals surface area contributed by atoms with Gasteiger partial charge >= 0.3 is 0 Å². The predicted octanol–water partition coefficient (Wildman–Crippen LogP) is 1.71. The summed E-state index contributed by atoms with van der Waals surface area (Å²) < 4.78 is 0. The fraction of sp³-hybridized carbons (Fsp3) is 0.538. The Morgan fingerprint density at radius 2 is 2.17 bits per heavy atom. The Balaban J connectivity index is 1.98. The molecule has 0 radical (unpaired) electrons. The van der Waals surface area contributed by atoms with Crippen LogP contribution in [0.25, 0.3) is 0 Å². The van der Waals surface area contributed by atoms with Crippen LogP contribution in [0.15, 0.2) is 18.3 Å². The van der Waals surface area contributed by atoms with Crippen molar-refractivity contribution in [2.75, 3.05) is 13.1 Å². The largest absolute Gasteiger partial charge is 0.348 e. The third-order valence-electron chi connectivity index (χ3n) is 3.23. The molecule has 0 aliphatic carbocycles. The zero-order valence-corrected chi connectivity index (χ0v) is 12.0. The van der Waals surface area contributed by atoms with Gasteiger partial charge in [0.05, 0.1) is 11.2 Å². The van der Waals surface area contributed by atoms with Gasteiger partial charge in [0.15, 0.2) is 5.11 Å². The van der Waals surface area contributed by atoms with Crippen molar-refractivity contribution in [3.63, 3.8) is 0 Å². The Hall–Kier alpha value is -1.20. The van der Waals surface area contributed by atoms with Crippen LogP contribution in [0.3, 0.4) is 0 Å². The number of rotatable bonds is 3. The van der Waals surface area contributed by atoms with E-state index in [0.29, 0.717) is 0 Å². The van der Waals surface area contributed by atoms with Crippen LogP contribution in [-0.2, 0) is 5.54 Å². The fourth-order valence-corrected chi connectivity index (χ4v) is 2.24. The van der Waals surface area contributed by atoms with Crippen molar-refractivity contribution < 1.29 is 0 Å². The van der Waals surface area contributed by atoms with E-state index < -0.39 is 0 Å². The molecule has 2 N–H and O–H groups in total. The van der Waals surface area contributed by atoms with E-state index in [1.165, 1.54) is 12.0 Å². The maximum Gasteiger partial charge on any atom is 0.183 e. The molecule has 1 saturated heterocycles. The highest BCUT2D eigenvalue weighted by atomic mass is 32.1. The third kappa shape index (κ3) is 2.79. The lowest BCUT2D eigenvalue weighted by Crippen LogP contribution is -2.56. The van der Waals surface area contributed by atoms with E-state index in [1.54, 1.807) is 0 Å². The lowest BCUT2D eigenvalue weighted by atomic mass is 9.97. The molecular weight excluding hydrogens is 244 g/mol. The van der Waals surface area contributed by atoms with Crippen molar-refractivity contribution in [2.45, 2.75) is 32.7 Å². The van der Waals surface area contributed by atoms with Crippen molar-refractivity contribution in [3.05, 3.63) is 29.6 Å². The number of nitrogens with one attached hydrogen (secondary N) is 2. The van der Waals surface area contributed by atoms with Gasteiger partial charge in [-0.05, 0) is 51.0 Å². The molecule has 5 heteroatoms. The summed E-state index contributed by atoms with van der Waals surface area (Å²) >= 11 is 5.31. The number of hydrogen-bond donors (Lipinski definition) is 2. The molecular formula is C13H20N4S. The summed E-state index contributed by atoms with van der Waals surface area (Å²) in [5.74, 6) is 0. The van der Waals surface area contributed by atoms with Crippen molar-refractivity contribution in [1.82, 2.24) is 20.7 Å². The molecule has 1 aromatic rings. The highest BCUT2D eigenvalue weighted by molar-refractivity contribution is 7.80. The molecule has 18 heavy (non-hydrogen) atoms. The first-order chi connectivity index (χ1) is 8.50. The molecule has 2 rings (SSSR count). The van der Waals surface area contributed by atoms with Crippen molar-refractivity contribution in [3.8, 4) is 0 Å². The Labute approximate surface area is 114 Å². The van der Waals surface area contributed by atoms with Crippen molar-refractivity contribution >= 4 is 17.3 Å². The second kappa shape index (κ2) is 5.20. The zero-order chi connectivity index (χ0) is 13.2. The number of aromatic nitrogens is 1. The van der Waals surface area contributed by atoms with E-state index in [2.05, 4.69) is 47.6 Å².